The van der Waals surface area contributed by atoms with Crippen LogP contribution in [0.5, 0.6) is 0 Å². The van der Waals surface area contributed by atoms with E-state index in [4.69, 9.17) is 27.9 Å². The zero-order valence-electron chi connectivity index (χ0n) is 21.0. The summed E-state index contributed by atoms with van der Waals surface area (Å²) >= 11 is 14.0. The third-order valence-electron chi connectivity index (χ3n) is 5.33. The Bertz CT molecular complexity index is 1390. The Labute approximate surface area is 226 Å². The van der Waals surface area contributed by atoms with Crippen molar-refractivity contribution in [2.45, 2.75) is 39.1 Å². The van der Waals surface area contributed by atoms with Gasteiger partial charge in [0.25, 0.3) is 5.91 Å². The van der Waals surface area contributed by atoms with Crippen LogP contribution in [-0.4, -0.2) is 50.0 Å². The highest BCUT2D eigenvalue weighted by atomic mass is 35.5. The predicted molar refractivity (Wildman–Crippen MR) is 146 cm³/mol. The van der Waals surface area contributed by atoms with Crippen molar-refractivity contribution in [3.63, 3.8) is 0 Å². The maximum Gasteiger partial charge on any atom is 0.279 e. The predicted octanol–water partition coefficient (Wildman–Crippen LogP) is 5.70. The van der Waals surface area contributed by atoms with Crippen LogP contribution in [0.25, 0.3) is 10.2 Å². The number of hydrogen-bond acceptors (Lipinski definition) is 5. The van der Waals surface area contributed by atoms with Crippen molar-refractivity contribution in [2.24, 2.45) is 16.8 Å². The Morgan fingerprint density at radius 2 is 1.67 bits per heavy atom. The van der Waals surface area contributed by atoms with Gasteiger partial charge in [-0.15, -0.1) is 0 Å². The van der Waals surface area contributed by atoms with E-state index >= 15 is 0 Å². The Balaban J connectivity index is 1.97. The minimum atomic E-state index is -3.69. The second-order valence-corrected chi connectivity index (χ2v) is 13.0. The van der Waals surface area contributed by atoms with Crippen LogP contribution in [0, 0.1) is 11.8 Å². The summed E-state index contributed by atoms with van der Waals surface area (Å²) < 4.78 is 35.9. The molecule has 1 amide bonds. The summed E-state index contributed by atoms with van der Waals surface area (Å²) in [5.74, 6) is -0.111. The Hall–Kier alpha value is -1.75. The number of nitrogens with zero attached hydrogens (tertiary/aromatic N) is 3. The van der Waals surface area contributed by atoms with Gasteiger partial charge in [0.1, 0.15) is 0 Å². The third kappa shape index (κ3) is 6.57. The lowest BCUT2D eigenvalue weighted by molar-refractivity contribution is 0.0997. The van der Waals surface area contributed by atoms with Crippen molar-refractivity contribution in [1.29, 1.82) is 0 Å². The highest BCUT2D eigenvalue weighted by Crippen LogP contribution is 2.32. The van der Waals surface area contributed by atoms with Gasteiger partial charge in [-0.2, -0.15) is 9.30 Å². The summed E-state index contributed by atoms with van der Waals surface area (Å²) in [6.45, 7) is 9.63. The van der Waals surface area contributed by atoms with Crippen molar-refractivity contribution < 1.29 is 17.9 Å². The first-order chi connectivity index (χ1) is 16.9. The van der Waals surface area contributed by atoms with Crippen molar-refractivity contribution in [1.82, 2.24) is 8.87 Å². The van der Waals surface area contributed by atoms with Crippen molar-refractivity contribution in [3.8, 4) is 0 Å². The first-order valence-corrected chi connectivity index (χ1v) is 14.6. The van der Waals surface area contributed by atoms with Crippen LogP contribution in [0.1, 0.15) is 38.1 Å². The molecule has 3 rings (SSSR count). The molecule has 1 aromatic heterocycles. The summed E-state index contributed by atoms with van der Waals surface area (Å²) in [4.78, 5) is 18.0. The van der Waals surface area contributed by atoms with Crippen molar-refractivity contribution in [3.05, 3.63) is 56.8 Å². The van der Waals surface area contributed by atoms with Gasteiger partial charge in [-0.3, -0.25) is 4.79 Å². The molecule has 0 aliphatic carbocycles. The number of ether oxygens (including phenoxy) is 1. The number of halogens is 2. The van der Waals surface area contributed by atoms with E-state index in [1.807, 2.05) is 38.3 Å². The molecule has 0 bridgehead atoms. The fourth-order valence-electron chi connectivity index (χ4n) is 3.73. The zero-order chi connectivity index (χ0) is 26.6. The number of fused-ring (bicyclic) bond motifs is 1. The minimum Gasteiger partial charge on any atom is -0.383 e. The van der Waals surface area contributed by atoms with Crippen LogP contribution in [0.3, 0.4) is 0 Å². The number of rotatable bonds is 10. The van der Waals surface area contributed by atoms with Gasteiger partial charge in [-0.25, -0.2) is 8.42 Å². The van der Waals surface area contributed by atoms with E-state index in [1.165, 1.54) is 39.9 Å². The lowest BCUT2D eigenvalue weighted by atomic mass is 10.2. The van der Waals surface area contributed by atoms with Gasteiger partial charge in [-0.05, 0) is 48.2 Å². The molecule has 0 spiro atoms. The van der Waals surface area contributed by atoms with Gasteiger partial charge >= 0.3 is 0 Å². The highest BCUT2D eigenvalue weighted by Gasteiger charge is 2.26. The van der Waals surface area contributed by atoms with E-state index in [2.05, 4.69) is 4.99 Å². The summed E-state index contributed by atoms with van der Waals surface area (Å²) in [6.07, 6.45) is 0. The lowest BCUT2D eigenvalue weighted by Gasteiger charge is -2.25. The van der Waals surface area contributed by atoms with Crippen LogP contribution >= 0.6 is 34.5 Å². The smallest absolute Gasteiger partial charge is 0.279 e. The SMILES string of the molecule is COCCn1c(=NC(=O)c2ccc(S(=O)(=O)N(CC(C)C)CC(C)C)cc2)sc2ccc(Cl)c(Cl)c21. The average molecular weight is 573 g/mol. The summed E-state index contributed by atoms with van der Waals surface area (Å²) in [7, 11) is -2.10. The van der Waals surface area contributed by atoms with E-state index in [9.17, 15) is 13.2 Å². The minimum absolute atomic E-state index is 0.152. The molecule has 36 heavy (non-hydrogen) atoms. The Morgan fingerprint density at radius 1 is 1.06 bits per heavy atom. The van der Waals surface area contributed by atoms with Crippen LogP contribution in [0.4, 0.5) is 0 Å². The number of carbonyl (C=O) groups is 1. The van der Waals surface area contributed by atoms with E-state index in [1.54, 1.807) is 13.2 Å². The zero-order valence-corrected chi connectivity index (χ0v) is 24.1. The first kappa shape index (κ1) is 28.8. The van der Waals surface area contributed by atoms with Crippen molar-refractivity contribution >= 4 is 60.7 Å². The maximum absolute atomic E-state index is 13.3. The molecular formula is C25H31Cl2N3O4S2. The van der Waals surface area contributed by atoms with E-state index < -0.39 is 15.9 Å². The number of benzene rings is 2. The number of methoxy groups -OCH3 is 1. The maximum atomic E-state index is 13.3. The number of thiazole rings is 1. The van der Waals surface area contributed by atoms with Crippen LogP contribution < -0.4 is 4.80 Å². The molecule has 196 valence electrons. The monoisotopic (exact) mass is 571 g/mol. The molecule has 0 saturated carbocycles. The topological polar surface area (TPSA) is 81.0 Å². The van der Waals surface area contributed by atoms with Gasteiger partial charge in [0, 0.05) is 32.3 Å². The Morgan fingerprint density at radius 3 is 2.22 bits per heavy atom. The molecule has 0 aliphatic heterocycles. The first-order valence-electron chi connectivity index (χ1n) is 11.6. The molecule has 0 radical (unpaired) electrons. The normalized spacial score (nSPS) is 13.0. The average Bonchev–Trinajstić information content (AvgIpc) is 3.16. The molecule has 0 aliphatic rings. The van der Waals surface area contributed by atoms with Crippen LogP contribution in [0.2, 0.25) is 10.0 Å². The molecule has 0 saturated heterocycles. The highest BCUT2D eigenvalue weighted by molar-refractivity contribution is 7.89. The number of aromatic nitrogens is 1. The van der Waals surface area contributed by atoms with Gasteiger partial charge in [0.15, 0.2) is 4.80 Å². The Kier molecular flexibility index (Phi) is 9.76. The largest absolute Gasteiger partial charge is 0.383 e. The lowest BCUT2D eigenvalue weighted by Crippen LogP contribution is -2.37. The fourth-order valence-corrected chi connectivity index (χ4v) is 7.04. The summed E-state index contributed by atoms with van der Waals surface area (Å²) in [6, 6.07) is 9.46. The van der Waals surface area contributed by atoms with E-state index in [0.29, 0.717) is 46.6 Å². The van der Waals surface area contributed by atoms with Gasteiger partial charge < -0.3 is 9.30 Å². The number of carbonyl (C=O) groups excluding carboxylic acids is 1. The molecule has 11 heteroatoms. The fraction of sp³-hybridized carbons (Fsp3) is 0.440. The van der Waals surface area contributed by atoms with E-state index in [0.717, 1.165) is 4.70 Å². The summed E-state index contributed by atoms with van der Waals surface area (Å²) in [5.41, 5.74) is 0.975. The standard InChI is InChI=1S/C25H31Cl2N3O4S2/c1-16(2)14-29(15-17(3)4)36(32,33)19-8-6-18(7-9-19)24(31)28-25-30(12-13-34-5)23-21(35-25)11-10-20(26)22(23)27/h6-11,16-17H,12-15H2,1-5H3. The molecule has 0 fully saturated rings. The molecule has 3 aromatic rings. The third-order valence-corrected chi connectivity index (χ3v) is 9.01. The van der Waals surface area contributed by atoms with Crippen molar-refractivity contribution in [2.75, 3.05) is 26.8 Å². The van der Waals surface area contributed by atoms with E-state index in [-0.39, 0.29) is 22.3 Å². The molecule has 7 nitrogen and oxygen atoms in total. The molecule has 0 N–H and O–H groups in total. The molecular weight excluding hydrogens is 541 g/mol. The van der Waals surface area contributed by atoms with Gasteiger partial charge in [0.05, 0.1) is 31.8 Å². The molecule has 0 unspecified atom stereocenters. The summed E-state index contributed by atoms with van der Waals surface area (Å²) in [5, 5.41) is 0.795. The second kappa shape index (κ2) is 12.2. The van der Waals surface area contributed by atoms with Crippen LogP contribution in [0.15, 0.2) is 46.3 Å². The quantitative estimate of drug-likeness (QED) is 0.312. The molecule has 1 heterocycles. The number of amides is 1. The molecule has 2 aromatic carbocycles. The van der Waals surface area contributed by atoms with Gasteiger partial charge in [-0.1, -0.05) is 62.2 Å². The van der Waals surface area contributed by atoms with Gasteiger partial charge in [0.2, 0.25) is 10.0 Å². The second-order valence-electron chi connectivity index (χ2n) is 9.29. The molecule has 0 atom stereocenters. The number of hydrogen-bond donors (Lipinski definition) is 0. The number of sulfonamides is 1. The van der Waals surface area contributed by atoms with Crippen LogP contribution in [-0.2, 0) is 21.3 Å².